The molecular weight excluding hydrogens is 212 g/mol. The molecule has 1 aliphatic rings. The molecule has 0 atom stereocenters. The highest BCUT2D eigenvalue weighted by atomic mass is 16.5. The monoisotopic (exact) mass is 228 g/mol. The van der Waals surface area contributed by atoms with Crippen LogP contribution in [0.5, 0.6) is 5.75 Å². The predicted molar refractivity (Wildman–Crippen MR) is 68.5 cm³/mol. The van der Waals surface area contributed by atoms with Crippen LogP contribution in [0, 0.1) is 13.8 Å². The van der Waals surface area contributed by atoms with Gasteiger partial charge in [-0.05, 0) is 59.0 Å². The summed E-state index contributed by atoms with van der Waals surface area (Å²) in [6.07, 6.45) is 0. The van der Waals surface area contributed by atoms with Gasteiger partial charge in [0.05, 0.1) is 20.3 Å². The normalized spacial score (nSPS) is 14.1. The van der Waals surface area contributed by atoms with E-state index in [1.54, 1.807) is 7.11 Å². The van der Waals surface area contributed by atoms with E-state index in [1.165, 1.54) is 33.0 Å². The maximum absolute atomic E-state index is 5.57. The number of hydrogen-bond donors (Lipinski definition) is 0. The quantitative estimate of drug-likeness (QED) is 0.743. The highest BCUT2D eigenvalue weighted by molar-refractivity contribution is 5.92. The van der Waals surface area contributed by atoms with E-state index < -0.39 is 0 Å². The zero-order chi connectivity index (χ0) is 12.0. The molecule has 1 heterocycles. The van der Waals surface area contributed by atoms with Crippen molar-refractivity contribution in [3.63, 3.8) is 0 Å². The molecule has 0 fully saturated rings. The minimum absolute atomic E-state index is 0.745. The number of fused-ring (bicyclic) bond motifs is 2. The van der Waals surface area contributed by atoms with Crippen molar-refractivity contribution >= 4 is 10.8 Å². The smallest absolute Gasteiger partial charge is 0.119 e. The molecule has 0 N–H and O–H groups in total. The van der Waals surface area contributed by atoms with E-state index in [9.17, 15) is 0 Å². The van der Waals surface area contributed by atoms with Crippen molar-refractivity contribution in [1.82, 2.24) is 0 Å². The SMILES string of the molecule is COc1ccc2c(C)c3c(c(C)c2c1)COC3. The summed E-state index contributed by atoms with van der Waals surface area (Å²) in [5.41, 5.74) is 5.42. The Kier molecular flexibility index (Phi) is 2.33. The molecule has 88 valence electrons. The Morgan fingerprint density at radius 1 is 1.00 bits per heavy atom. The molecular formula is C15H16O2. The number of benzene rings is 2. The van der Waals surface area contributed by atoms with Gasteiger partial charge in [-0.1, -0.05) is 6.07 Å². The second-order valence-electron chi connectivity index (χ2n) is 4.61. The largest absolute Gasteiger partial charge is 0.497 e. The Hall–Kier alpha value is -1.54. The highest BCUT2D eigenvalue weighted by Crippen LogP contribution is 2.35. The Morgan fingerprint density at radius 2 is 1.65 bits per heavy atom. The minimum Gasteiger partial charge on any atom is -0.497 e. The van der Waals surface area contributed by atoms with Crippen molar-refractivity contribution in [2.24, 2.45) is 0 Å². The first kappa shape index (κ1) is 10.6. The third-order valence-electron chi connectivity index (χ3n) is 3.80. The predicted octanol–water partition coefficient (Wildman–Crippen LogP) is 3.50. The first-order valence-corrected chi connectivity index (χ1v) is 5.88. The molecule has 17 heavy (non-hydrogen) atoms. The van der Waals surface area contributed by atoms with Gasteiger partial charge in [0.1, 0.15) is 5.75 Å². The summed E-state index contributed by atoms with van der Waals surface area (Å²) in [7, 11) is 1.71. The average Bonchev–Trinajstić information content (AvgIpc) is 2.85. The number of hydrogen-bond acceptors (Lipinski definition) is 2. The Balaban J connectivity index is 2.40. The summed E-state index contributed by atoms with van der Waals surface area (Å²) in [6, 6.07) is 6.29. The molecule has 2 heteroatoms. The molecule has 0 saturated carbocycles. The van der Waals surface area contributed by atoms with Crippen LogP contribution in [0.1, 0.15) is 22.3 Å². The molecule has 0 unspecified atom stereocenters. The fourth-order valence-electron chi connectivity index (χ4n) is 2.71. The molecule has 2 nitrogen and oxygen atoms in total. The van der Waals surface area contributed by atoms with Gasteiger partial charge in [0.15, 0.2) is 0 Å². The van der Waals surface area contributed by atoms with E-state index in [4.69, 9.17) is 9.47 Å². The lowest BCUT2D eigenvalue weighted by Crippen LogP contribution is -1.95. The van der Waals surface area contributed by atoms with Gasteiger partial charge in [0, 0.05) is 0 Å². The van der Waals surface area contributed by atoms with Crippen LogP contribution >= 0.6 is 0 Å². The van der Waals surface area contributed by atoms with Crippen molar-refractivity contribution in [3.05, 3.63) is 40.5 Å². The van der Waals surface area contributed by atoms with Crippen LogP contribution < -0.4 is 4.74 Å². The van der Waals surface area contributed by atoms with Crippen LogP contribution in [0.15, 0.2) is 18.2 Å². The molecule has 3 rings (SSSR count). The van der Waals surface area contributed by atoms with Gasteiger partial charge >= 0.3 is 0 Å². The van der Waals surface area contributed by atoms with Crippen molar-refractivity contribution in [1.29, 1.82) is 0 Å². The zero-order valence-corrected chi connectivity index (χ0v) is 10.5. The zero-order valence-electron chi connectivity index (χ0n) is 10.5. The summed E-state index contributed by atoms with van der Waals surface area (Å²) in [5.74, 6) is 0.916. The number of ether oxygens (including phenoxy) is 2. The van der Waals surface area contributed by atoms with Gasteiger partial charge in [-0.15, -0.1) is 0 Å². The summed E-state index contributed by atoms with van der Waals surface area (Å²) < 4.78 is 10.9. The molecule has 0 bridgehead atoms. The van der Waals surface area contributed by atoms with Crippen LogP contribution in [-0.2, 0) is 18.0 Å². The molecule has 2 aromatic carbocycles. The summed E-state index contributed by atoms with van der Waals surface area (Å²) in [5, 5.41) is 2.60. The molecule has 0 spiro atoms. The number of methoxy groups -OCH3 is 1. The van der Waals surface area contributed by atoms with Crippen LogP contribution in [-0.4, -0.2) is 7.11 Å². The van der Waals surface area contributed by atoms with Crippen LogP contribution in [0.4, 0.5) is 0 Å². The summed E-state index contributed by atoms with van der Waals surface area (Å²) >= 11 is 0. The lowest BCUT2D eigenvalue weighted by Gasteiger charge is -2.13. The van der Waals surface area contributed by atoms with Crippen LogP contribution in [0.25, 0.3) is 10.8 Å². The molecule has 2 aromatic rings. The molecule has 0 amide bonds. The Bertz CT molecular complexity index is 600. The number of rotatable bonds is 1. The van der Waals surface area contributed by atoms with Crippen LogP contribution in [0.2, 0.25) is 0 Å². The minimum atomic E-state index is 0.745. The van der Waals surface area contributed by atoms with Gasteiger partial charge in [0.25, 0.3) is 0 Å². The fourth-order valence-corrected chi connectivity index (χ4v) is 2.71. The van der Waals surface area contributed by atoms with E-state index in [2.05, 4.69) is 26.0 Å². The Labute approximate surface area is 101 Å². The second kappa shape index (κ2) is 3.74. The van der Waals surface area contributed by atoms with Gasteiger partial charge in [-0.25, -0.2) is 0 Å². The van der Waals surface area contributed by atoms with E-state index in [1.807, 2.05) is 6.07 Å². The third kappa shape index (κ3) is 1.44. The molecule has 0 aromatic heterocycles. The fraction of sp³-hybridized carbons (Fsp3) is 0.333. The van der Waals surface area contributed by atoms with E-state index in [-0.39, 0.29) is 0 Å². The summed E-state index contributed by atoms with van der Waals surface area (Å²) in [6.45, 7) is 5.86. The van der Waals surface area contributed by atoms with Gasteiger partial charge < -0.3 is 9.47 Å². The van der Waals surface area contributed by atoms with Gasteiger partial charge in [0.2, 0.25) is 0 Å². The Morgan fingerprint density at radius 3 is 2.29 bits per heavy atom. The van der Waals surface area contributed by atoms with Crippen molar-refractivity contribution < 1.29 is 9.47 Å². The molecule has 0 aliphatic carbocycles. The maximum Gasteiger partial charge on any atom is 0.119 e. The van der Waals surface area contributed by atoms with Gasteiger partial charge in [-0.2, -0.15) is 0 Å². The van der Waals surface area contributed by atoms with Crippen molar-refractivity contribution in [3.8, 4) is 5.75 Å². The average molecular weight is 228 g/mol. The van der Waals surface area contributed by atoms with E-state index in [0.29, 0.717) is 0 Å². The third-order valence-corrected chi connectivity index (χ3v) is 3.80. The van der Waals surface area contributed by atoms with Crippen molar-refractivity contribution in [2.75, 3.05) is 7.11 Å². The standard InChI is InChI=1S/C15H16O2/c1-9-12-5-4-11(16-3)6-13(12)10(2)15-8-17-7-14(9)15/h4-6H,7-8H2,1-3H3. The summed E-state index contributed by atoms with van der Waals surface area (Å²) in [4.78, 5) is 0. The molecule has 0 radical (unpaired) electrons. The lowest BCUT2D eigenvalue weighted by atomic mass is 9.92. The lowest BCUT2D eigenvalue weighted by molar-refractivity contribution is 0.134. The first-order valence-electron chi connectivity index (χ1n) is 5.88. The molecule has 1 aliphatic heterocycles. The van der Waals surface area contributed by atoms with E-state index in [0.717, 1.165) is 19.0 Å². The maximum atomic E-state index is 5.57. The van der Waals surface area contributed by atoms with Crippen LogP contribution in [0.3, 0.4) is 0 Å². The first-order chi connectivity index (χ1) is 8.22. The highest BCUT2D eigenvalue weighted by Gasteiger charge is 2.19. The topological polar surface area (TPSA) is 18.5 Å². The van der Waals surface area contributed by atoms with Crippen molar-refractivity contribution in [2.45, 2.75) is 27.1 Å². The number of aryl methyl sites for hydroxylation is 2. The second-order valence-corrected chi connectivity index (χ2v) is 4.61. The van der Waals surface area contributed by atoms with Gasteiger partial charge in [-0.3, -0.25) is 0 Å². The van der Waals surface area contributed by atoms with E-state index >= 15 is 0 Å². The molecule has 0 saturated heterocycles.